The molecule has 0 radical (unpaired) electrons. The molecule has 2 aromatic carbocycles. The van der Waals surface area contributed by atoms with Gasteiger partial charge in [0.05, 0.1) is 5.56 Å². The zero-order valence-corrected chi connectivity index (χ0v) is 14.6. The maximum absolute atomic E-state index is 13.7. The Bertz CT molecular complexity index is 959. The molecule has 2 aliphatic heterocycles. The predicted octanol–water partition coefficient (Wildman–Crippen LogP) is 2.93. The summed E-state index contributed by atoms with van der Waals surface area (Å²) in [5.74, 6) is -1.65. The molecule has 138 valence electrons. The van der Waals surface area contributed by atoms with E-state index in [4.69, 9.17) is 4.74 Å². The number of cyclic esters (lactones) is 1. The largest absolute Gasteiger partial charge is 0.433 e. The Morgan fingerprint density at radius 1 is 1.22 bits per heavy atom. The van der Waals surface area contributed by atoms with Crippen molar-refractivity contribution in [3.05, 3.63) is 65.0 Å². The van der Waals surface area contributed by atoms with E-state index >= 15 is 0 Å². The molecule has 1 saturated heterocycles. The molecular weight excluding hydrogens is 351 g/mol. The molecule has 0 unspecified atom stereocenters. The number of hydrogen-bond donors (Lipinski definition) is 1. The topological polar surface area (TPSA) is 75.7 Å². The molecule has 2 aliphatic rings. The highest BCUT2D eigenvalue weighted by atomic mass is 19.1. The minimum atomic E-state index is -0.922. The Hall–Kier alpha value is -3.22. The van der Waals surface area contributed by atoms with Gasteiger partial charge >= 0.3 is 5.97 Å². The van der Waals surface area contributed by atoms with Crippen LogP contribution in [0, 0.1) is 12.7 Å². The lowest BCUT2D eigenvalue weighted by Gasteiger charge is -2.29. The van der Waals surface area contributed by atoms with E-state index in [9.17, 15) is 18.8 Å². The first-order valence-electron chi connectivity index (χ1n) is 8.64. The van der Waals surface area contributed by atoms with Crippen molar-refractivity contribution in [3.63, 3.8) is 0 Å². The van der Waals surface area contributed by atoms with Gasteiger partial charge in [-0.2, -0.15) is 0 Å². The molecule has 2 amide bonds. The number of carbonyl (C=O) groups excluding carboxylic acids is 3. The number of likely N-dealkylation sites (tertiary alicyclic amines) is 1. The summed E-state index contributed by atoms with van der Waals surface area (Å²) < 4.78 is 19.1. The summed E-state index contributed by atoms with van der Waals surface area (Å²) in [5.41, 5.74) is 1.74. The average Bonchev–Trinajstić information content (AvgIpc) is 3.19. The zero-order chi connectivity index (χ0) is 19.1. The number of rotatable bonds is 3. The van der Waals surface area contributed by atoms with Crippen molar-refractivity contribution in [2.24, 2.45) is 0 Å². The van der Waals surface area contributed by atoms with E-state index in [1.54, 1.807) is 43.3 Å². The van der Waals surface area contributed by atoms with Crippen LogP contribution in [0.15, 0.2) is 42.5 Å². The van der Waals surface area contributed by atoms with E-state index < -0.39 is 30.0 Å². The van der Waals surface area contributed by atoms with Crippen LogP contribution in [0.1, 0.15) is 40.6 Å². The van der Waals surface area contributed by atoms with Crippen LogP contribution in [0.4, 0.5) is 10.1 Å². The standard InChI is InChI=1S/C20H17FN2O4/c1-11-6-7-12(10-15(11)21)22-18(25)16-8-9-17(24)23(16)19-13-4-2-3-5-14(13)20(26)27-19/h2-7,10,16,19H,8-9H2,1H3,(H,22,25)/t16-,19+/m1/s1. The third kappa shape index (κ3) is 2.95. The second-order valence-electron chi connectivity index (χ2n) is 6.65. The summed E-state index contributed by atoms with van der Waals surface area (Å²) in [7, 11) is 0. The molecule has 0 bridgehead atoms. The number of aryl methyl sites for hydroxylation is 1. The molecule has 0 spiro atoms. The first-order valence-corrected chi connectivity index (χ1v) is 8.64. The second-order valence-corrected chi connectivity index (χ2v) is 6.65. The minimum Gasteiger partial charge on any atom is -0.433 e. The molecule has 7 heteroatoms. The number of nitrogens with zero attached hydrogens (tertiary/aromatic N) is 1. The van der Waals surface area contributed by atoms with Crippen molar-refractivity contribution < 1.29 is 23.5 Å². The number of ether oxygens (including phenoxy) is 1. The van der Waals surface area contributed by atoms with Crippen LogP contribution in [0.5, 0.6) is 0 Å². The van der Waals surface area contributed by atoms with Gasteiger partial charge in [-0.25, -0.2) is 9.18 Å². The fourth-order valence-corrected chi connectivity index (χ4v) is 3.48. The van der Waals surface area contributed by atoms with E-state index in [1.165, 1.54) is 11.0 Å². The lowest BCUT2D eigenvalue weighted by molar-refractivity contribution is -0.144. The van der Waals surface area contributed by atoms with Gasteiger partial charge in [0.25, 0.3) is 0 Å². The number of hydrogen-bond acceptors (Lipinski definition) is 4. The van der Waals surface area contributed by atoms with Crippen LogP contribution in [0.3, 0.4) is 0 Å². The maximum atomic E-state index is 13.7. The SMILES string of the molecule is Cc1ccc(NC(=O)[C@H]2CCC(=O)N2[C@H]2OC(=O)c3ccccc32)cc1F. The molecule has 6 nitrogen and oxygen atoms in total. The van der Waals surface area contributed by atoms with Crippen molar-refractivity contribution in [1.82, 2.24) is 4.90 Å². The zero-order valence-electron chi connectivity index (χ0n) is 14.6. The van der Waals surface area contributed by atoms with Gasteiger partial charge in [-0.3, -0.25) is 14.5 Å². The molecule has 1 fully saturated rings. The van der Waals surface area contributed by atoms with Crippen LogP contribution < -0.4 is 5.32 Å². The lowest BCUT2D eigenvalue weighted by atomic mass is 10.1. The van der Waals surface area contributed by atoms with Crippen LogP contribution in [-0.2, 0) is 14.3 Å². The Labute approximate surface area is 154 Å². The Kier molecular flexibility index (Phi) is 4.14. The minimum absolute atomic E-state index is 0.177. The quantitative estimate of drug-likeness (QED) is 0.846. The maximum Gasteiger partial charge on any atom is 0.340 e. The lowest BCUT2D eigenvalue weighted by Crippen LogP contribution is -2.43. The van der Waals surface area contributed by atoms with E-state index in [-0.39, 0.29) is 12.3 Å². The highest BCUT2D eigenvalue weighted by molar-refractivity contribution is 6.00. The normalized spacial score (nSPS) is 21.2. The van der Waals surface area contributed by atoms with Gasteiger partial charge in [0.1, 0.15) is 11.9 Å². The van der Waals surface area contributed by atoms with Gasteiger partial charge in [-0.1, -0.05) is 24.3 Å². The third-order valence-electron chi connectivity index (χ3n) is 4.92. The first kappa shape index (κ1) is 17.2. The summed E-state index contributed by atoms with van der Waals surface area (Å²) in [4.78, 5) is 38.6. The molecule has 1 N–H and O–H groups in total. The third-order valence-corrected chi connectivity index (χ3v) is 4.92. The van der Waals surface area contributed by atoms with Gasteiger partial charge in [-0.15, -0.1) is 0 Å². The monoisotopic (exact) mass is 368 g/mol. The summed E-state index contributed by atoms with van der Waals surface area (Å²) in [5, 5.41) is 2.65. The number of fused-ring (bicyclic) bond motifs is 1. The number of carbonyl (C=O) groups is 3. The molecule has 2 aromatic rings. The van der Waals surface area contributed by atoms with Gasteiger partial charge in [0.2, 0.25) is 18.0 Å². The van der Waals surface area contributed by atoms with E-state index in [0.717, 1.165) is 0 Å². The summed E-state index contributed by atoms with van der Waals surface area (Å²) in [6.07, 6.45) is -0.444. The summed E-state index contributed by atoms with van der Waals surface area (Å²) in [6, 6.07) is 10.4. The van der Waals surface area contributed by atoms with Crippen LogP contribution in [0.2, 0.25) is 0 Å². The van der Waals surface area contributed by atoms with E-state index in [1.807, 2.05) is 0 Å². The molecule has 0 saturated carbocycles. The second kappa shape index (κ2) is 6.50. The van der Waals surface area contributed by atoms with Gasteiger partial charge < -0.3 is 10.1 Å². The fourth-order valence-electron chi connectivity index (χ4n) is 3.48. The van der Waals surface area contributed by atoms with Crippen molar-refractivity contribution in [2.45, 2.75) is 32.0 Å². The highest BCUT2D eigenvalue weighted by Gasteiger charge is 2.46. The number of halogens is 1. The Morgan fingerprint density at radius 3 is 2.78 bits per heavy atom. The van der Waals surface area contributed by atoms with Crippen molar-refractivity contribution in [2.75, 3.05) is 5.32 Å². The molecule has 2 atom stereocenters. The van der Waals surface area contributed by atoms with Crippen molar-refractivity contribution >= 4 is 23.5 Å². The Balaban J connectivity index is 1.59. The summed E-state index contributed by atoms with van der Waals surface area (Å²) in [6.45, 7) is 1.63. The first-order chi connectivity index (χ1) is 13.0. The number of benzene rings is 2. The average molecular weight is 368 g/mol. The highest BCUT2D eigenvalue weighted by Crippen LogP contribution is 2.38. The van der Waals surface area contributed by atoms with Crippen LogP contribution in [-0.4, -0.2) is 28.7 Å². The molecule has 4 rings (SSSR count). The van der Waals surface area contributed by atoms with Crippen LogP contribution in [0.25, 0.3) is 0 Å². The summed E-state index contributed by atoms with van der Waals surface area (Å²) >= 11 is 0. The number of amides is 2. The van der Waals surface area contributed by atoms with Gasteiger partial charge in [0.15, 0.2) is 0 Å². The Morgan fingerprint density at radius 2 is 2.00 bits per heavy atom. The number of nitrogens with one attached hydrogen (secondary N) is 1. The van der Waals surface area contributed by atoms with Crippen LogP contribution >= 0.6 is 0 Å². The van der Waals surface area contributed by atoms with Gasteiger partial charge in [0, 0.05) is 17.7 Å². The van der Waals surface area contributed by atoms with Crippen molar-refractivity contribution in [1.29, 1.82) is 0 Å². The molecule has 27 heavy (non-hydrogen) atoms. The molecule has 2 heterocycles. The van der Waals surface area contributed by atoms with E-state index in [0.29, 0.717) is 28.8 Å². The van der Waals surface area contributed by atoms with E-state index in [2.05, 4.69) is 5.32 Å². The predicted molar refractivity (Wildman–Crippen MR) is 94.2 cm³/mol. The molecular formula is C20H17FN2O4. The smallest absolute Gasteiger partial charge is 0.340 e. The fraction of sp³-hybridized carbons (Fsp3) is 0.250. The number of anilines is 1. The van der Waals surface area contributed by atoms with Crippen molar-refractivity contribution in [3.8, 4) is 0 Å². The van der Waals surface area contributed by atoms with Gasteiger partial charge in [-0.05, 0) is 37.1 Å². The number of esters is 1. The molecule has 0 aliphatic carbocycles. The molecule has 0 aromatic heterocycles.